The van der Waals surface area contributed by atoms with Crippen molar-refractivity contribution in [1.82, 2.24) is 20.2 Å². The number of ether oxygens (including phenoxy) is 1. The van der Waals surface area contributed by atoms with Crippen LogP contribution in [0.25, 0.3) is 11.5 Å². The molecule has 7 nitrogen and oxygen atoms in total. The summed E-state index contributed by atoms with van der Waals surface area (Å²) in [6, 6.07) is 5.78. The van der Waals surface area contributed by atoms with Crippen LogP contribution in [0.3, 0.4) is 0 Å². The van der Waals surface area contributed by atoms with Gasteiger partial charge in [0, 0.05) is 30.2 Å². The first-order valence-electron chi connectivity index (χ1n) is 7.56. The first-order valence-corrected chi connectivity index (χ1v) is 7.56. The van der Waals surface area contributed by atoms with Crippen LogP contribution in [0.2, 0.25) is 0 Å². The van der Waals surface area contributed by atoms with Gasteiger partial charge in [-0.2, -0.15) is 0 Å². The minimum atomic E-state index is 0.466. The minimum Gasteiger partial charge on any atom is -0.479 e. The summed E-state index contributed by atoms with van der Waals surface area (Å²) in [5, 5.41) is 8.20. The molecule has 0 fully saturated rings. The van der Waals surface area contributed by atoms with Gasteiger partial charge in [0.1, 0.15) is 5.69 Å². The average Bonchev–Trinajstić information content (AvgIpc) is 3.22. The number of aryl methyl sites for hydroxylation is 1. The molecular weight excluding hydrogens is 306 g/mol. The third-order valence-corrected chi connectivity index (χ3v) is 3.81. The molecule has 120 valence electrons. The van der Waals surface area contributed by atoms with Crippen LogP contribution in [0.15, 0.2) is 40.0 Å². The van der Waals surface area contributed by atoms with Gasteiger partial charge in [0.2, 0.25) is 17.7 Å². The summed E-state index contributed by atoms with van der Waals surface area (Å²) < 4.78 is 11.0. The minimum absolute atomic E-state index is 0.466. The molecule has 3 aromatic rings. The highest BCUT2D eigenvalue weighted by Crippen LogP contribution is 2.34. The SMILES string of the molecule is COc1nccc2c1N=C(Cc1nnc(-c3ccc(C)nc3)o1)C2. The van der Waals surface area contributed by atoms with E-state index in [9.17, 15) is 0 Å². The van der Waals surface area contributed by atoms with Gasteiger partial charge in [-0.25, -0.2) is 4.98 Å². The Labute approximate surface area is 138 Å². The zero-order valence-corrected chi connectivity index (χ0v) is 13.4. The Hall–Kier alpha value is -3.09. The lowest BCUT2D eigenvalue weighted by atomic mass is 10.1. The second-order valence-corrected chi connectivity index (χ2v) is 5.55. The van der Waals surface area contributed by atoms with Crippen LogP contribution >= 0.6 is 0 Å². The van der Waals surface area contributed by atoms with Crippen LogP contribution in [-0.2, 0) is 12.8 Å². The smallest absolute Gasteiger partial charge is 0.249 e. The molecule has 0 saturated heterocycles. The van der Waals surface area contributed by atoms with E-state index in [2.05, 4.69) is 25.2 Å². The quantitative estimate of drug-likeness (QED) is 0.734. The van der Waals surface area contributed by atoms with E-state index < -0.39 is 0 Å². The second kappa shape index (κ2) is 5.84. The van der Waals surface area contributed by atoms with Gasteiger partial charge in [0.05, 0.1) is 19.1 Å². The number of nitrogens with zero attached hydrogens (tertiary/aromatic N) is 5. The van der Waals surface area contributed by atoms with Gasteiger partial charge in [0.15, 0.2) is 0 Å². The first-order chi connectivity index (χ1) is 11.7. The van der Waals surface area contributed by atoms with Gasteiger partial charge in [-0.15, -0.1) is 10.2 Å². The van der Waals surface area contributed by atoms with E-state index in [1.807, 2.05) is 25.1 Å². The summed E-state index contributed by atoms with van der Waals surface area (Å²) in [5.41, 5.74) is 4.59. The van der Waals surface area contributed by atoms with Crippen LogP contribution in [0.4, 0.5) is 5.69 Å². The third kappa shape index (κ3) is 2.64. The number of aliphatic imine (C=N–C) groups is 1. The Morgan fingerprint density at radius 2 is 2.08 bits per heavy atom. The molecule has 4 heterocycles. The van der Waals surface area contributed by atoms with E-state index >= 15 is 0 Å². The van der Waals surface area contributed by atoms with Crippen molar-refractivity contribution in [2.75, 3.05) is 7.11 Å². The van der Waals surface area contributed by atoms with Gasteiger partial charge in [0.25, 0.3) is 0 Å². The van der Waals surface area contributed by atoms with Gasteiger partial charge < -0.3 is 9.15 Å². The molecule has 0 aliphatic carbocycles. The van der Waals surface area contributed by atoms with Gasteiger partial charge in [-0.1, -0.05) is 0 Å². The molecule has 24 heavy (non-hydrogen) atoms. The molecule has 0 saturated carbocycles. The fourth-order valence-corrected chi connectivity index (χ4v) is 2.61. The van der Waals surface area contributed by atoms with Crippen molar-refractivity contribution in [3.8, 4) is 17.3 Å². The van der Waals surface area contributed by atoms with Crippen LogP contribution in [0, 0.1) is 6.92 Å². The molecule has 0 amide bonds. The summed E-state index contributed by atoms with van der Waals surface area (Å²) >= 11 is 0. The van der Waals surface area contributed by atoms with E-state index in [4.69, 9.17) is 9.15 Å². The van der Waals surface area contributed by atoms with Gasteiger partial charge in [-0.05, 0) is 30.7 Å². The van der Waals surface area contributed by atoms with E-state index in [1.54, 1.807) is 19.5 Å². The van der Waals surface area contributed by atoms with Crippen molar-refractivity contribution in [3.63, 3.8) is 0 Å². The molecule has 0 radical (unpaired) electrons. The van der Waals surface area contributed by atoms with Crippen LogP contribution in [0.5, 0.6) is 5.88 Å². The van der Waals surface area contributed by atoms with Crippen molar-refractivity contribution in [2.24, 2.45) is 4.99 Å². The summed E-state index contributed by atoms with van der Waals surface area (Å²) in [6.07, 6.45) is 4.69. The second-order valence-electron chi connectivity index (χ2n) is 5.55. The zero-order chi connectivity index (χ0) is 16.5. The maximum absolute atomic E-state index is 5.74. The normalized spacial score (nSPS) is 12.8. The fourth-order valence-electron chi connectivity index (χ4n) is 2.61. The standard InChI is InChI=1S/C17H15N5O2/c1-10-3-4-12(9-19-10)16-22-21-14(24-16)8-13-7-11-5-6-18-17(23-2)15(11)20-13/h3-6,9H,7-8H2,1-2H3. The molecule has 0 unspecified atom stereocenters. The largest absolute Gasteiger partial charge is 0.479 e. The maximum Gasteiger partial charge on any atom is 0.249 e. The zero-order valence-electron chi connectivity index (χ0n) is 13.4. The highest BCUT2D eigenvalue weighted by Gasteiger charge is 2.21. The van der Waals surface area contributed by atoms with Crippen molar-refractivity contribution in [3.05, 3.63) is 47.7 Å². The first kappa shape index (κ1) is 14.5. The van der Waals surface area contributed by atoms with E-state index in [-0.39, 0.29) is 0 Å². The fraction of sp³-hybridized carbons (Fsp3) is 0.235. The third-order valence-electron chi connectivity index (χ3n) is 3.81. The summed E-state index contributed by atoms with van der Waals surface area (Å²) in [6.45, 7) is 1.93. The van der Waals surface area contributed by atoms with Crippen molar-refractivity contribution < 1.29 is 9.15 Å². The van der Waals surface area contributed by atoms with Crippen LogP contribution in [-0.4, -0.2) is 33.0 Å². The van der Waals surface area contributed by atoms with Crippen molar-refractivity contribution in [1.29, 1.82) is 0 Å². The lowest BCUT2D eigenvalue weighted by molar-refractivity contribution is 0.399. The molecule has 7 heteroatoms. The number of hydrogen-bond acceptors (Lipinski definition) is 7. The van der Waals surface area contributed by atoms with Crippen LogP contribution in [0.1, 0.15) is 17.1 Å². The van der Waals surface area contributed by atoms with Gasteiger partial charge >= 0.3 is 0 Å². The monoisotopic (exact) mass is 321 g/mol. The number of fused-ring (bicyclic) bond motifs is 1. The molecule has 1 aliphatic heterocycles. The summed E-state index contributed by atoms with van der Waals surface area (Å²) in [7, 11) is 1.59. The molecule has 0 N–H and O–H groups in total. The Morgan fingerprint density at radius 1 is 1.17 bits per heavy atom. The molecule has 0 aromatic carbocycles. The predicted octanol–water partition coefficient (Wildman–Crippen LogP) is 2.71. The average molecular weight is 321 g/mol. The maximum atomic E-state index is 5.74. The number of methoxy groups -OCH3 is 1. The number of hydrogen-bond donors (Lipinski definition) is 0. The summed E-state index contributed by atoms with van der Waals surface area (Å²) in [4.78, 5) is 13.0. The Balaban J connectivity index is 1.54. The van der Waals surface area contributed by atoms with Crippen LogP contribution < -0.4 is 4.74 Å². The Bertz CT molecular complexity index is 915. The number of aromatic nitrogens is 4. The molecule has 0 spiro atoms. The molecule has 4 rings (SSSR count). The van der Waals surface area contributed by atoms with Gasteiger partial charge in [-0.3, -0.25) is 9.98 Å². The molecule has 1 aliphatic rings. The Kier molecular flexibility index (Phi) is 3.53. The van der Waals surface area contributed by atoms with E-state index in [0.29, 0.717) is 24.1 Å². The summed E-state index contributed by atoms with van der Waals surface area (Å²) in [5.74, 6) is 1.54. The molecular formula is C17H15N5O2. The predicted molar refractivity (Wildman–Crippen MR) is 87.6 cm³/mol. The van der Waals surface area contributed by atoms with Crippen molar-refractivity contribution in [2.45, 2.75) is 19.8 Å². The molecule has 0 bridgehead atoms. The van der Waals surface area contributed by atoms with E-state index in [0.717, 1.165) is 34.6 Å². The lowest BCUT2D eigenvalue weighted by Crippen LogP contribution is -2.02. The Morgan fingerprint density at radius 3 is 2.88 bits per heavy atom. The van der Waals surface area contributed by atoms with Crippen molar-refractivity contribution >= 4 is 11.4 Å². The number of pyridine rings is 2. The lowest BCUT2D eigenvalue weighted by Gasteiger charge is -2.01. The van der Waals surface area contributed by atoms with E-state index in [1.165, 1.54) is 0 Å². The highest BCUT2D eigenvalue weighted by atomic mass is 16.5. The molecule has 3 aromatic heterocycles. The highest BCUT2D eigenvalue weighted by molar-refractivity contribution is 5.95. The topological polar surface area (TPSA) is 86.3 Å². The molecule has 0 atom stereocenters. The number of rotatable bonds is 4.